The number of unbranched alkanes of at least 4 members (excludes halogenated alkanes) is 38. The van der Waals surface area contributed by atoms with E-state index >= 15 is 0 Å². The number of ether oxygens (including phenoxy) is 3. The fourth-order valence-corrected chi connectivity index (χ4v) is 8.55. The van der Waals surface area contributed by atoms with Gasteiger partial charge in [0, 0.05) is 19.3 Å². The van der Waals surface area contributed by atoms with Crippen molar-refractivity contribution in [2.24, 2.45) is 0 Å². The van der Waals surface area contributed by atoms with Gasteiger partial charge in [0.25, 0.3) is 0 Å². The number of rotatable bonds is 53. The Morgan fingerprint density at radius 3 is 0.785 bits per heavy atom. The monoisotopic (exact) mass is 915 g/mol. The Kier molecular flexibility index (Phi) is 52.7. The first-order chi connectivity index (χ1) is 32.0. The molecule has 0 heterocycles. The van der Waals surface area contributed by atoms with E-state index in [1.54, 1.807) is 0 Å². The van der Waals surface area contributed by atoms with Crippen LogP contribution in [0.2, 0.25) is 0 Å². The first-order valence-electron chi connectivity index (χ1n) is 28.8. The van der Waals surface area contributed by atoms with Crippen LogP contribution in [0, 0.1) is 0 Å². The number of allylic oxidation sites excluding steroid dienone is 4. The molecule has 0 aromatic carbocycles. The highest BCUT2D eigenvalue weighted by Crippen LogP contribution is 2.16. The van der Waals surface area contributed by atoms with Gasteiger partial charge in [-0.3, -0.25) is 14.4 Å². The van der Waals surface area contributed by atoms with Gasteiger partial charge in [0.1, 0.15) is 13.2 Å². The molecule has 0 aromatic heterocycles. The number of esters is 3. The molecule has 6 heteroatoms. The fraction of sp³-hybridized carbons (Fsp3) is 0.881. The molecule has 382 valence electrons. The Bertz CT molecular complexity index is 1050. The first kappa shape index (κ1) is 62.9. The van der Waals surface area contributed by atoms with Crippen LogP contribution in [-0.4, -0.2) is 37.2 Å². The Balaban J connectivity index is 4.34. The number of carbonyl (C=O) groups excluding carboxylic acids is 3. The maximum Gasteiger partial charge on any atom is 0.306 e. The van der Waals surface area contributed by atoms with Gasteiger partial charge in [-0.25, -0.2) is 0 Å². The number of hydrogen-bond acceptors (Lipinski definition) is 6. The zero-order chi connectivity index (χ0) is 47.2. The van der Waals surface area contributed by atoms with Gasteiger partial charge in [0.15, 0.2) is 6.10 Å². The summed E-state index contributed by atoms with van der Waals surface area (Å²) in [4.78, 5) is 38.1. The first-order valence-corrected chi connectivity index (χ1v) is 28.8. The second kappa shape index (κ2) is 54.5. The quantitative estimate of drug-likeness (QED) is 0.0262. The highest BCUT2D eigenvalue weighted by molar-refractivity contribution is 5.71. The molecule has 6 nitrogen and oxygen atoms in total. The van der Waals surface area contributed by atoms with Crippen LogP contribution in [0.15, 0.2) is 24.3 Å². The molecular formula is C59H110O6. The number of carbonyl (C=O) groups is 3. The number of hydrogen-bond donors (Lipinski definition) is 0. The minimum Gasteiger partial charge on any atom is -0.462 e. The van der Waals surface area contributed by atoms with E-state index in [-0.39, 0.29) is 31.1 Å². The second-order valence-corrected chi connectivity index (χ2v) is 19.6. The Labute approximate surface area is 404 Å². The van der Waals surface area contributed by atoms with Gasteiger partial charge in [-0.05, 0) is 70.6 Å². The smallest absolute Gasteiger partial charge is 0.306 e. The molecular weight excluding hydrogens is 805 g/mol. The van der Waals surface area contributed by atoms with Crippen molar-refractivity contribution in [3.8, 4) is 0 Å². The third kappa shape index (κ3) is 52.7. The molecule has 1 atom stereocenters. The lowest BCUT2D eigenvalue weighted by atomic mass is 10.0. The predicted octanol–water partition coefficient (Wildman–Crippen LogP) is 19.1. The summed E-state index contributed by atoms with van der Waals surface area (Å²) < 4.78 is 16.9. The fourth-order valence-electron chi connectivity index (χ4n) is 8.55. The molecule has 0 saturated carbocycles. The second-order valence-electron chi connectivity index (χ2n) is 19.6. The van der Waals surface area contributed by atoms with Crippen LogP contribution in [0.5, 0.6) is 0 Å². The molecule has 0 bridgehead atoms. The molecule has 0 aliphatic heterocycles. The van der Waals surface area contributed by atoms with Gasteiger partial charge in [0.05, 0.1) is 0 Å². The van der Waals surface area contributed by atoms with Crippen LogP contribution in [0.1, 0.15) is 316 Å². The Morgan fingerprint density at radius 1 is 0.292 bits per heavy atom. The Morgan fingerprint density at radius 2 is 0.508 bits per heavy atom. The van der Waals surface area contributed by atoms with Crippen LogP contribution < -0.4 is 0 Å². The zero-order valence-electron chi connectivity index (χ0n) is 43.8. The van der Waals surface area contributed by atoms with Crippen molar-refractivity contribution in [1.29, 1.82) is 0 Å². The lowest BCUT2D eigenvalue weighted by Crippen LogP contribution is -2.30. The molecule has 65 heavy (non-hydrogen) atoms. The van der Waals surface area contributed by atoms with Crippen LogP contribution in [0.3, 0.4) is 0 Å². The maximum atomic E-state index is 12.8. The zero-order valence-corrected chi connectivity index (χ0v) is 43.8. The highest BCUT2D eigenvalue weighted by atomic mass is 16.6. The van der Waals surface area contributed by atoms with Crippen molar-refractivity contribution in [1.82, 2.24) is 0 Å². The molecule has 0 fully saturated rings. The van der Waals surface area contributed by atoms with E-state index in [2.05, 4.69) is 45.1 Å². The summed E-state index contributed by atoms with van der Waals surface area (Å²) >= 11 is 0. The van der Waals surface area contributed by atoms with Crippen molar-refractivity contribution in [3.63, 3.8) is 0 Å². The van der Waals surface area contributed by atoms with Gasteiger partial charge >= 0.3 is 17.9 Å². The van der Waals surface area contributed by atoms with Crippen molar-refractivity contribution >= 4 is 17.9 Å². The van der Waals surface area contributed by atoms with E-state index in [4.69, 9.17) is 14.2 Å². The molecule has 0 amide bonds. The molecule has 0 radical (unpaired) electrons. The minimum absolute atomic E-state index is 0.0699. The van der Waals surface area contributed by atoms with E-state index in [1.165, 1.54) is 218 Å². The lowest BCUT2D eigenvalue weighted by Gasteiger charge is -2.18. The summed E-state index contributed by atoms with van der Waals surface area (Å²) in [6, 6.07) is 0. The van der Waals surface area contributed by atoms with Crippen molar-refractivity contribution in [3.05, 3.63) is 24.3 Å². The SMILES string of the molecule is CCCCCC/C=C\CCCCCCCCCC(=O)OC[C@H](COC(=O)CCCCCCCCCCCCCCCCC)OC(=O)CCCCCCCCC/C=C\CCCCCCCC. The molecule has 0 unspecified atom stereocenters. The largest absolute Gasteiger partial charge is 0.462 e. The molecule has 0 aromatic rings. The van der Waals surface area contributed by atoms with Gasteiger partial charge < -0.3 is 14.2 Å². The summed E-state index contributed by atoms with van der Waals surface area (Å²) in [6.07, 6.45) is 63.0. The van der Waals surface area contributed by atoms with Crippen molar-refractivity contribution in [2.75, 3.05) is 13.2 Å². The summed E-state index contributed by atoms with van der Waals surface area (Å²) in [7, 11) is 0. The summed E-state index contributed by atoms with van der Waals surface area (Å²) in [5.74, 6) is -0.859. The molecule has 0 N–H and O–H groups in total. The van der Waals surface area contributed by atoms with Crippen LogP contribution >= 0.6 is 0 Å². The van der Waals surface area contributed by atoms with Gasteiger partial charge in [-0.2, -0.15) is 0 Å². The molecule has 0 aliphatic carbocycles. The van der Waals surface area contributed by atoms with E-state index in [0.29, 0.717) is 19.3 Å². The normalized spacial score (nSPS) is 12.1. The summed E-state index contributed by atoms with van der Waals surface area (Å²) in [5, 5.41) is 0. The summed E-state index contributed by atoms with van der Waals surface area (Å²) in [5.41, 5.74) is 0. The lowest BCUT2D eigenvalue weighted by molar-refractivity contribution is -0.167. The van der Waals surface area contributed by atoms with E-state index < -0.39 is 6.10 Å². The van der Waals surface area contributed by atoms with Gasteiger partial charge in [0.2, 0.25) is 0 Å². The average Bonchev–Trinajstić information content (AvgIpc) is 3.30. The van der Waals surface area contributed by atoms with Crippen LogP contribution in [-0.2, 0) is 28.6 Å². The van der Waals surface area contributed by atoms with Crippen molar-refractivity contribution in [2.45, 2.75) is 322 Å². The minimum atomic E-state index is -0.771. The average molecular weight is 916 g/mol. The maximum absolute atomic E-state index is 12.8. The van der Waals surface area contributed by atoms with Crippen LogP contribution in [0.25, 0.3) is 0 Å². The van der Waals surface area contributed by atoms with E-state index in [9.17, 15) is 14.4 Å². The van der Waals surface area contributed by atoms with Gasteiger partial charge in [-0.15, -0.1) is 0 Å². The molecule has 0 spiro atoms. The third-order valence-corrected chi connectivity index (χ3v) is 12.9. The van der Waals surface area contributed by atoms with E-state index in [1.807, 2.05) is 0 Å². The summed E-state index contributed by atoms with van der Waals surface area (Å²) in [6.45, 7) is 6.66. The van der Waals surface area contributed by atoms with Gasteiger partial charge in [-0.1, -0.05) is 251 Å². The molecule has 0 rings (SSSR count). The third-order valence-electron chi connectivity index (χ3n) is 12.9. The molecule has 0 saturated heterocycles. The predicted molar refractivity (Wildman–Crippen MR) is 279 cm³/mol. The standard InChI is InChI=1S/C59H110O6/c1-4-7-10-13-16-19-22-25-28-29-32-35-38-41-44-47-50-53-59(62)65-56(54-63-57(60)51-48-45-42-39-36-33-30-26-23-20-17-14-11-8-5-2)55-64-58(61)52-49-46-43-40-37-34-31-27-24-21-18-15-12-9-6-3/h20,23,25,28,56H,4-19,21-22,24,26-27,29-55H2,1-3H3/b23-20-,28-25-/t56-/m1/s1. The Hall–Kier alpha value is -2.11. The topological polar surface area (TPSA) is 78.9 Å². The van der Waals surface area contributed by atoms with E-state index in [0.717, 1.165) is 57.8 Å². The highest BCUT2D eigenvalue weighted by Gasteiger charge is 2.19. The molecule has 0 aliphatic rings. The van der Waals surface area contributed by atoms with Crippen LogP contribution in [0.4, 0.5) is 0 Å². The van der Waals surface area contributed by atoms with Crippen molar-refractivity contribution < 1.29 is 28.6 Å².